The molecule has 0 aliphatic heterocycles. The summed E-state index contributed by atoms with van der Waals surface area (Å²) in [7, 11) is 0. The number of benzene rings is 1. The van der Waals surface area contributed by atoms with Gasteiger partial charge in [0.1, 0.15) is 0 Å². The van der Waals surface area contributed by atoms with Gasteiger partial charge in [-0.25, -0.2) is 0 Å². The van der Waals surface area contributed by atoms with Crippen LogP contribution in [0.2, 0.25) is 5.02 Å². The molecule has 1 aromatic carbocycles. The molecule has 1 heterocycles. The maximum absolute atomic E-state index is 5.89. The number of nitrogens with one attached hydrogen (secondary N) is 1. The predicted molar refractivity (Wildman–Crippen MR) is 86.1 cm³/mol. The Balaban J connectivity index is 2.11. The molecule has 0 spiro atoms. The molecule has 6 heteroatoms. The van der Waals surface area contributed by atoms with Crippen LogP contribution in [0.4, 0.5) is 5.69 Å². The zero-order valence-corrected chi connectivity index (χ0v) is 14.6. The molecule has 2 rings (SSSR count). The molecule has 2 aromatic rings. The molecule has 1 N–H and O–H groups in total. The summed E-state index contributed by atoms with van der Waals surface area (Å²) in [6, 6.07) is 7.60. The van der Waals surface area contributed by atoms with E-state index in [1.165, 1.54) is 0 Å². The Bertz CT molecular complexity index is 524. The van der Waals surface area contributed by atoms with Crippen LogP contribution in [0.5, 0.6) is 0 Å². The normalized spacial score (nSPS) is 10.4. The largest absolute Gasteiger partial charge is 0.378 e. The molecular weight excluding hydrogens is 447 g/mol. The van der Waals surface area contributed by atoms with Crippen LogP contribution in [0, 0.1) is 0 Å². The fourth-order valence-corrected chi connectivity index (χ4v) is 3.34. The van der Waals surface area contributed by atoms with E-state index in [0.717, 1.165) is 24.8 Å². The lowest BCUT2D eigenvalue weighted by Gasteiger charge is -2.09. The fraction of sp³-hybridized carbons (Fsp3) is 0.0833. The first-order valence-corrected chi connectivity index (χ1v) is 7.81. The minimum absolute atomic E-state index is 0.633. The number of rotatable bonds is 3. The summed E-state index contributed by atoms with van der Waals surface area (Å²) in [5, 5.41) is 4.01. The van der Waals surface area contributed by atoms with Gasteiger partial charge in [-0.1, -0.05) is 11.6 Å². The Hall–Kier alpha value is -0.100. The molecule has 2 nitrogen and oxygen atoms in total. The van der Waals surface area contributed by atoms with E-state index in [4.69, 9.17) is 11.6 Å². The van der Waals surface area contributed by atoms with Gasteiger partial charge in [-0.15, -0.1) is 0 Å². The predicted octanol–water partition coefficient (Wildman–Crippen LogP) is 5.63. The smallest absolute Gasteiger partial charge is 0.0737 e. The number of hydrogen-bond donors (Lipinski definition) is 1. The summed E-state index contributed by atoms with van der Waals surface area (Å²) in [6.07, 6.45) is 1.78. The molecule has 0 amide bonds. The SMILES string of the molecule is Clc1ccc(NCc2ncc(Br)cc2Br)c(Br)c1. The molecule has 0 fully saturated rings. The van der Waals surface area contributed by atoms with Crippen molar-refractivity contribution >= 4 is 65.1 Å². The number of hydrogen-bond acceptors (Lipinski definition) is 2. The lowest BCUT2D eigenvalue weighted by atomic mass is 10.3. The minimum atomic E-state index is 0.633. The molecule has 0 saturated carbocycles. The third-order valence-corrected chi connectivity index (χ3v) is 4.27. The second kappa shape index (κ2) is 6.37. The summed E-state index contributed by atoms with van der Waals surface area (Å²) in [5.74, 6) is 0. The van der Waals surface area contributed by atoms with Gasteiger partial charge in [0, 0.05) is 30.3 Å². The second-order valence-corrected chi connectivity index (χ2v) is 6.62. The van der Waals surface area contributed by atoms with E-state index in [-0.39, 0.29) is 0 Å². The van der Waals surface area contributed by atoms with Crippen molar-refractivity contribution in [1.29, 1.82) is 0 Å². The summed E-state index contributed by atoms with van der Waals surface area (Å²) >= 11 is 16.2. The van der Waals surface area contributed by atoms with Crippen LogP contribution >= 0.6 is 59.4 Å². The summed E-state index contributed by atoms with van der Waals surface area (Å²) < 4.78 is 2.85. The molecular formula is C12H8Br3ClN2. The Kier molecular flexibility index (Phi) is 5.06. The van der Waals surface area contributed by atoms with E-state index in [1.807, 2.05) is 24.3 Å². The van der Waals surface area contributed by atoms with Gasteiger partial charge in [0.15, 0.2) is 0 Å². The average molecular weight is 455 g/mol. The van der Waals surface area contributed by atoms with Gasteiger partial charge >= 0.3 is 0 Å². The first kappa shape index (κ1) is 14.3. The van der Waals surface area contributed by atoms with Crippen molar-refractivity contribution in [3.05, 3.63) is 54.6 Å². The van der Waals surface area contributed by atoms with E-state index in [2.05, 4.69) is 58.1 Å². The highest BCUT2D eigenvalue weighted by Crippen LogP contribution is 2.27. The monoisotopic (exact) mass is 452 g/mol. The molecule has 1 aromatic heterocycles. The van der Waals surface area contributed by atoms with Gasteiger partial charge in [-0.3, -0.25) is 4.98 Å². The molecule has 0 unspecified atom stereocenters. The van der Waals surface area contributed by atoms with Crippen LogP contribution in [0.25, 0.3) is 0 Å². The quantitative estimate of drug-likeness (QED) is 0.649. The van der Waals surface area contributed by atoms with Gasteiger partial charge < -0.3 is 5.32 Å². The molecule has 18 heavy (non-hydrogen) atoms. The summed E-state index contributed by atoms with van der Waals surface area (Å²) in [5.41, 5.74) is 1.93. The van der Waals surface area contributed by atoms with Gasteiger partial charge in [0.25, 0.3) is 0 Å². The van der Waals surface area contributed by atoms with Crippen LogP contribution in [-0.2, 0) is 6.54 Å². The van der Waals surface area contributed by atoms with Crippen LogP contribution in [0.3, 0.4) is 0 Å². The Morgan fingerprint density at radius 3 is 2.56 bits per heavy atom. The van der Waals surface area contributed by atoms with Crippen molar-refractivity contribution < 1.29 is 0 Å². The van der Waals surface area contributed by atoms with E-state index in [1.54, 1.807) is 6.20 Å². The Morgan fingerprint density at radius 1 is 1.11 bits per heavy atom. The van der Waals surface area contributed by atoms with Crippen LogP contribution in [0.1, 0.15) is 5.69 Å². The third-order valence-electron chi connectivity index (χ3n) is 2.26. The van der Waals surface area contributed by atoms with Crippen LogP contribution < -0.4 is 5.32 Å². The van der Waals surface area contributed by atoms with Crippen molar-refractivity contribution in [2.45, 2.75) is 6.54 Å². The highest BCUT2D eigenvalue weighted by Gasteiger charge is 2.04. The van der Waals surface area contributed by atoms with Gasteiger partial charge in [-0.2, -0.15) is 0 Å². The molecule has 94 valence electrons. The first-order valence-electron chi connectivity index (χ1n) is 5.05. The number of pyridine rings is 1. The van der Waals surface area contributed by atoms with E-state index in [9.17, 15) is 0 Å². The zero-order chi connectivity index (χ0) is 13.1. The highest BCUT2D eigenvalue weighted by molar-refractivity contribution is 9.11. The minimum Gasteiger partial charge on any atom is -0.378 e. The fourth-order valence-electron chi connectivity index (χ4n) is 1.38. The van der Waals surface area contributed by atoms with Crippen LogP contribution in [-0.4, -0.2) is 4.98 Å². The molecule has 0 saturated heterocycles. The third kappa shape index (κ3) is 3.70. The van der Waals surface area contributed by atoms with Gasteiger partial charge in [0.2, 0.25) is 0 Å². The lowest BCUT2D eigenvalue weighted by Crippen LogP contribution is -2.03. The molecule has 0 aliphatic rings. The van der Waals surface area contributed by atoms with Crippen molar-refractivity contribution in [2.75, 3.05) is 5.32 Å². The molecule has 0 radical (unpaired) electrons. The number of aromatic nitrogens is 1. The van der Waals surface area contributed by atoms with Crippen molar-refractivity contribution in [3.8, 4) is 0 Å². The van der Waals surface area contributed by atoms with Gasteiger partial charge in [0.05, 0.1) is 12.2 Å². The Morgan fingerprint density at radius 2 is 1.89 bits per heavy atom. The Labute approximate surface area is 136 Å². The number of nitrogens with zero attached hydrogens (tertiary/aromatic N) is 1. The maximum Gasteiger partial charge on any atom is 0.0737 e. The second-order valence-electron chi connectivity index (χ2n) is 3.56. The van der Waals surface area contributed by atoms with Crippen molar-refractivity contribution in [2.24, 2.45) is 0 Å². The van der Waals surface area contributed by atoms with Crippen molar-refractivity contribution in [1.82, 2.24) is 4.98 Å². The first-order chi connectivity index (χ1) is 8.56. The lowest BCUT2D eigenvalue weighted by molar-refractivity contribution is 1.03. The molecule has 0 atom stereocenters. The van der Waals surface area contributed by atoms with E-state index < -0.39 is 0 Å². The standard InChI is InChI=1S/C12H8Br3ClN2/c13-7-3-9(14)12(17-5-7)6-18-11-2-1-8(16)4-10(11)15/h1-5,18H,6H2. The molecule has 0 bridgehead atoms. The maximum atomic E-state index is 5.89. The van der Waals surface area contributed by atoms with Crippen LogP contribution in [0.15, 0.2) is 43.9 Å². The number of anilines is 1. The number of halogens is 4. The highest BCUT2D eigenvalue weighted by atomic mass is 79.9. The van der Waals surface area contributed by atoms with Crippen molar-refractivity contribution in [3.63, 3.8) is 0 Å². The van der Waals surface area contributed by atoms with E-state index >= 15 is 0 Å². The molecule has 0 aliphatic carbocycles. The topological polar surface area (TPSA) is 24.9 Å². The van der Waals surface area contributed by atoms with Gasteiger partial charge in [-0.05, 0) is 72.1 Å². The zero-order valence-electron chi connectivity index (χ0n) is 9.05. The summed E-state index contributed by atoms with van der Waals surface area (Å²) in [6.45, 7) is 0.633. The average Bonchev–Trinajstić information content (AvgIpc) is 2.30. The van der Waals surface area contributed by atoms with E-state index in [0.29, 0.717) is 11.6 Å². The summed E-state index contributed by atoms with van der Waals surface area (Å²) in [4.78, 5) is 4.34.